The normalized spacial score (nSPS) is 18.9. The maximum absolute atomic E-state index is 12.0. The van der Waals surface area contributed by atoms with E-state index in [0.717, 1.165) is 5.69 Å². The maximum atomic E-state index is 12.0. The molecule has 1 aliphatic carbocycles. The van der Waals surface area contributed by atoms with E-state index in [4.69, 9.17) is 5.11 Å². The number of ether oxygens (including phenoxy) is 1. The van der Waals surface area contributed by atoms with E-state index in [1.807, 2.05) is 0 Å². The molecule has 0 saturated carbocycles. The van der Waals surface area contributed by atoms with Gasteiger partial charge < -0.3 is 14.4 Å². The van der Waals surface area contributed by atoms with Crippen LogP contribution in [0, 0.1) is 5.92 Å². The van der Waals surface area contributed by atoms with E-state index in [-0.39, 0.29) is 6.61 Å². The molecular weight excluding hydrogens is 277 g/mol. The number of alkyl halides is 3. The Morgan fingerprint density at radius 2 is 2.25 bits per heavy atom. The highest BCUT2D eigenvalue weighted by atomic mass is 19.4. The lowest BCUT2D eigenvalue weighted by molar-refractivity contribution is -0.177. The van der Waals surface area contributed by atoms with E-state index in [2.05, 4.69) is 9.72 Å². The molecule has 20 heavy (non-hydrogen) atoms. The van der Waals surface area contributed by atoms with Gasteiger partial charge in [-0.25, -0.2) is 4.98 Å². The summed E-state index contributed by atoms with van der Waals surface area (Å²) in [6.07, 6.45) is -2.96. The van der Waals surface area contributed by atoms with Crippen LogP contribution in [-0.4, -0.2) is 33.4 Å². The van der Waals surface area contributed by atoms with Gasteiger partial charge in [-0.2, -0.15) is 13.2 Å². The highest BCUT2D eigenvalue weighted by molar-refractivity contribution is 5.70. The third-order valence-electron chi connectivity index (χ3n) is 3.40. The second-order valence-electron chi connectivity index (χ2n) is 4.87. The third kappa shape index (κ3) is 3.30. The molecule has 1 unspecified atom stereocenters. The van der Waals surface area contributed by atoms with Gasteiger partial charge in [0, 0.05) is 19.2 Å². The van der Waals surface area contributed by atoms with E-state index >= 15 is 0 Å². The third-order valence-corrected chi connectivity index (χ3v) is 3.40. The molecule has 0 amide bonds. The molecule has 0 bridgehead atoms. The van der Waals surface area contributed by atoms with Crippen molar-refractivity contribution in [3.63, 3.8) is 0 Å². The lowest BCUT2D eigenvalue weighted by Gasteiger charge is -2.18. The number of carboxylic acid groups (broad SMARTS) is 1. The van der Waals surface area contributed by atoms with Crippen LogP contribution < -0.4 is 0 Å². The zero-order chi connectivity index (χ0) is 14.9. The number of carbonyl (C=O) groups is 1. The highest BCUT2D eigenvalue weighted by Gasteiger charge is 2.30. The standard InChI is InChI=1S/C12H15F3N2O3/c1-17-9-3-2-7(11(18)19)4-8(9)16-10(17)5-20-6-12(13,14)15/h7H,2-6H2,1H3,(H,18,19). The number of nitrogens with zero attached hydrogens (tertiary/aromatic N) is 2. The van der Waals surface area contributed by atoms with Crippen LogP contribution in [0.4, 0.5) is 13.2 Å². The fourth-order valence-corrected chi connectivity index (χ4v) is 2.36. The van der Waals surface area contributed by atoms with Crippen LogP contribution in [0.2, 0.25) is 0 Å². The molecule has 2 rings (SSSR count). The minimum atomic E-state index is -4.36. The maximum Gasteiger partial charge on any atom is 0.411 e. The molecule has 8 heteroatoms. The zero-order valence-corrected chi connectivity index (χ0v) is 10.9. The Kier molecular flexibility index (Phi) is 4.03. The number of hydrogen-bond acceptors (Lipinski definition) is 3. The van der Waals surface area contributed by atoms with Crippen LogP contribution in [0.1, 0.15) is 23.6 Å². The van der Waals surface area contributed by atoms with Crippen LogP contribution in [0.3, 0.4) is 0 Å². The molecule has 1 aromatic heterocycles. The van der Waals surface area contributed by atoms with Gasteiger partial charge in [0.15, 0.2) is 0 Å². The van der Waals surface area contributed by atoms with E-state index in [9.17, 15) is 18.0 Å². The van der Waals surface area contributed by atoms with Crippen molar-refractivity contribution in [2.24, 2.45) is 13.0 Å². The van der Waals surface area contributed by atoms with Crippen molar-refractivity contribution in [1.29, 1.82) is 0 Å². The van der Waals surface area contributed by atoms with Crippen molar-refractivity contribution in [1.82, 2.24) is 9.55 Å². The summed E-state index contributed by atoms with van der Waals surface area (Å²) < 4.78 is 42.3. The first-order chi connectivity index (χ1) is 9.28. The molecule has 1 N–H and O–H groups in total. The number of carboxylic acids is 1. The Labute approximate surface area is 113 Å². The van der Waals surface area contributed by atoms with Crippen LogP contribution in [0.15, 0.2) is 0 Å². The average Bonchev–Trinajstić information content (AvgIpc) is 2.64. The van der Waals surface area contributed by atoms with Gasteiger partial charge in [0.2, 0.25) is 0 Å². The monoisotopic (exact) mass is 292 g/mol. The minimum absolute atomic E-state index is 0.235. The summed E-state index contributed by atoms with van der Waals surface area (Å²) in [5, 5.41) is 8.99. The first kappa shape index (κ1) is 14.8. The van der Waals surface area contributed by atoms with Crippen LogP contribution >= 0.6 is 0 Å². The number of rotatable bonds is 4. The van der Waals surface area contributed by atoms with Gasteiger partial charge in [-0.3, -0.25) is 4.79 Å². The lowest BCUT2D eigenvalue weighted by Crippen LogP contribution is -2.22. The fraction of sp³-hybridized carbons (Fsp3) is 0.667. The predicted molar refractivity (Wildman–Crippen MR) is 62.1 cm³/mol. The van der Waals surface area contributed by atoms with Gasteiger partial charge in [0.1, 0.15) is 19.0 Å². The summed E-state index contributed by atoms with van der Waals surface area (Å²) in [7, 11) is 1.71. The molecule has 0 aliphatic heterocycles. The number of imidazole rings is 1. The minimum Gasteiger partial charge on any atom is -0.481 e. The van der Waals surface area contributed by atoms with Crippen LogP contribution in [0.25, 0.3) is 0 Å². The molecule has 5 nitrogen and oxygen atoms in total. The first-order valence-electron chi connectivity index (χ1n) is 6.18. The molecule has 0 fully saturated rings. The van der Waals surface area contributed by atoms with Gasteiger partial charge in [-0.1, -0.05) is 0 Å². The molecule has 0 aromatic carbocycles. The van der Waals surface area contributed by atoms with Crippen molar-refractivity contribution < 1.29 is 27.8 Å². The van der Waals surface area contributed by atoms with Gasteiger partial charge in [-0.05, 0) is 12.8 Å². The first-order valence-corrected chi connectivity index (χ1v) is 6.18. The van der Waals surface area contributed by atoms with Gasteiger partial charge >= 0.3 is 12.1 Å². The van der Waals surface area contributed by atoms with Crippen molar-refractivity contribution >= 4 is 5.97 Å². The number of halogens is 3. The smallest absolute Gasteiger partial charge is 0.411 e. The quantitative estimate of drug-likeness (QED) is 0.917. The summed E-state index contributed by atoms with van der Waals surface area (Å²) in [5.74, 6) is -0.942. The Bertz CT molecular complexity index is 511. The summed E-state index contributed by atoms with van der Waals surface area (Å²) in [6.45, 7) is -1.55. The number of aromatic nitrogens is 2. The molecule has 0 spiro atoms. The molecule has 0 radical (unpaired) electrons. The number of hydrogen-bond donors (Lipinski definition) is 1. The largest absolute Gasteiger partial charge is 0.481 e. The van der Waals surface area contributed by atoms with Gasteiger partial charge in [-0.15, -0.1) is 0 Å². The predicted octanol–water partition coefficient (Wildman–Crippen LogP) is 1.69. The molecule has 1 heterocycles. The van der Waals surface area contributed by atoms with Crippen molar-refractivity contribution in [2.45, 2.75) is 32.0 Å². The van der Waals surface area contributed by atoms with Crippen molar-refractivity contribution in [3.8, 4) is 0 Å². The van der Waals surface area contributed by atoms with E-state index in [1.165, 1.54) is 0 Å². The fourth-order valence-electron chi connectivity index (χ4n) is 2.36. The molecule has 1 aliphatic rings. The highest BCUT2D eigenvalue weighted by Crippen LogP contribution is 2.26. The summed E-state index contributed by atoms with van der Waals surface area (Å²) in [5.41, 5.74) is 1.53. The summed E-state index contributed by atoms with van der Waals surface area (Å²) in [6, 6.07) is 0. The lowest BCUT2D eigenvalue weighted by atomic mass is 9.90. The molecule has 0 saturated heterocycles. The second-order valence-corrected chi connectivity index (χ2v) is 4.87. The Morgan fingerprint density at radius 1 is 1.55 bits per heavy atom. The van der Waals surface area contributed by atoms with E-state index in [0.29, 0.717) is 30.8 Å². The van der Waals surface area contributed by atoms with Crippen LogP contribution in [-0.2, 0) is 36.0 Å². The molecular formula is C12H15F3N2O3. The second kappa shape index (κ2) is 5.43. The topological polar surface area (TPSA) is 64.4 Å². The van der Waals surface area contributed by atoms with Crippen LogP contribution in [0.5, 0.6) is 0 Å². The summed E-state index contributed by atoms with van der Waals surface area (Å²) in [4.78, 5) is 15.2. The van der Waals surface area contributed by atoms with Crippen molar-refractivity contribution in [3.05, 3.63) is 17.2 Å². The Balaban J connectivity index is 2.05. The SMILES string of the molecule is Cn1c(COCC(F)(F)F)nc2c1CCC(C(=O)O)C2. The Morgan fingerprint density at radius 3 is 2.85 bits per heavy atom. The van der Waals surface area contributed by atoms with Gasteiger partial charge in [0.05, 0.1) is 11.6 Å². The number of aliphatic carboxylic acids is 1. The number of fused-ring (bicyclic) bond motifs is 1. The van der Waals surface area contributed by atoms with Gasteiger partial charge in [0.25, 0.3) is 0 Å². The Hall–Kier alpha value is -1.57. The molecule has 1 aromatic rings. The molecule has 1 atom stereocenters. The van der Waals surface area contributed by atoms with E-state index in [1.54, 1.807) is 11.6 Å². The van der Waals surface area contributed by atoms with Crippen molar-refractivity contribution in [2.75, 3.05) is 6.61 Å². The van der Waals surface area contributed by atoms with E-state index < -0.39 is 24.7 Å². The molecule has 112 valence electrons. The zero-order valence-electron chi connectivity index (χ0n) is 10.9. The summed E-state index contributed by atoms with van der Waals surface area (Å²) >= 11 is 0. The average molecular weight is 292 g/mol.